The highest BCUT2D eigenvalue weighted by molar-refractivity contribution is 7.99. The molecule has 0 saturated carbocycles. The van der Waals surface area contributed by atoms with Gasteiger partial charge in [-0.1, -0.05) is 11.8 Å². The van der Waals surface area contributed by atoms with Gasteiger partial charge in [-0.15, -0.1) is 10.2 Å². The average molecular weight is 251 g/mol. The molecule has 0 atom stereocenters. The molecule has 0 saturated heterocycles. The maximum Gasteiger partial charge on any atom is 0.314 e. The second-order valence-electron chi connectivity index (χ2n) is 3.31. The highest BCUT2D eigenvalue weighted by Crippen LogP contribution is 2.22. The zero-order valence-electron chi connectivity index (χ0n) is 8.95. The number of thioether (sulfide) groups is 1. The molecular formula is C10H9N3O3S. The van der Waals surface area contributed by atoms with Crippen LogP contribution in [0, 0.1) is 6.92 Å². The van der Waals surface area contributed by atoms with Gasteiger partial charge in [-0.05, 0) is 18.6 Å². The van der Waals surface area contributed by atoms with E-state index in [4.69, 9.17) is 9.52 Å². The van der Waals surface area contributed by atoms with Crippen molar-refractivity contribution in [1.29, 1.82) is 0 Å². The first-order valence-corrected chi connectivity index (χ1v) is 5.74. The van der Waals surface area contributed by atoms with Crippen LogP contribution < -0.4 is 0 Å². The van der Waals surface area contributed by atoms with Crippen molar-refractivity contribution in [1.82, 2.24) is 15.2 Å². The van der Waals surface area contributed by atoms with Crippen molar-refractivity contribution in [3.8, 4) is 11.5 Å². The predicted octanol–water partition coefficient (Wildman–Crippen LogP) is 1.62. The summed E-state index contributed by atoms with van der Waals surface area (Å²) in [4.78, 5) is 14.4. The van der Waals surface area contributed by atoms with Gasteiger partial charge in [-0.2, -0.15) is 0 Å². The Balaban J connectivity index is 2.15. The second kappa shape index (κ2) is 4.96. The molecule has 0 aromatic carbocycles. The summed E-state index contributed by atoms with van der Waals surface area (Å²) in [5, 5.41) is 16.3. The van der Waals surface area contributed by atoms with Gasteiger partial charge < -0.3 is 9.52 Å². The summed E-state index contributed by atoms with van der Waals surface area (Å²) in [5.74, 6) is -0.686. The summed E-state index contributed by atoms with van der Waals surface area (Å²) in [6.07, 6.45) is 3.34. The Morgan fingerprint density at radius 2 is 2.29 bits per heavy atom. The molecule has 7 heteroatoms. The molecule has 6 nitrogen and oxygen atoms in total. The van der Waals surface area contributed by atoms with E-state index in [-0.39, 0.29) is 11.0 Å². The molecule has 0 aliphatic carbocycles. The van der Waals surface area contributed by atoms with Gasteiger partial charge in [-0.3, -0.25) is 9.78 Å². The molecule has 2 aromatic rings. The number of carboxylic acid groups (broad SMARTS) is 1. The Labute approximate surface area is 101 Å². The minimum atomic E-state index is -0.924. The molecule has 2 aromatic heterocycles. The van der Waals surface area contributed by atoms with E-state index in [0.29, 0.717) is 5.89 Å². The molecule has 0 spiro atoms. The van der Waals surface area contributed by atoms with E-state index in [1.807, 2.05) is 13.0 Å². The Kier molecular flexibility index (Phi) is 3.38. The van der Waals surface area contributed by atoms with E-state index < -0.39 is 5.97 Å². The van der Waals surface area contributed by atoms with Crippen LogP contribution in [0.4, 0.5) is 0 Å². The van der Waals surface area contributed by atoms with Gasteiger partial charge >= 0.3 is 5.97 Å². The van der Waals surface area contributed by atoms with Gasteiger partial charge in [0.05, 0.1) is 5.56 Å². The van der Waals surface area contributed by atoms with Gasteiger partial charge in [0.15, 0.2) is 0 Å². The molecule has 17 heavy (non-hydrogen) atoms. The fourth-order valence-electron chi connectivity index (χ4n) is 1.18. The smallest absolute Gasteiger partial charge is 0.314 e. The lowest BCUT2D eigenvalue weighted by atomic mass is 10.2. The predicted molar refractivity (Wildman–Crippen MR) is 60.6 cm³/mol. The Morgan fingerprint density at radius 1 is 1.47 bits per heavy atom. The van der Waals surface area contributed by atoms with Crippen LogP contribution in [0.5, 0.6) is 0 Å². The van der Waals surface area contributed by atoms with Crippen LogP contribution in [0.25, 0.3) is 11.5 Å². The molecular weight excluding hydrogens is 242 g/mol. The molecule has 0 aliphatic heterocycles. The zero-order valence-corrected chi connectivity index (χ0v) is 9.77. The number of rotatable bonds is 4. The van der Waals surface area contributed by atoms with Crippen molar-refractivity contribution >= 4 is 17.7 Å². The minimum Gasteiger partial charge on any atom is -0.481 e. The molecule has 0 amide bonds. The molecule has 88 valence electrons. The van der Waals surface area contributed by atoms with Crippen molar-refractivity contribution in [3.05, 3.63) is 24.0 Å². The van der Waals surface area contributed by atoms with Gasteiger partial charge in [0, 0.05) is 12.4 Å². The molecule has 2 heterocycles. The average Bonchev–Trinajstić information content (AvgIpc) is 2.75. The fraction of sp³-hybridized carbons (Fsp3) is 0.200. The van der Waals surface area contributed by atoms with Crippen molar-refractivity contribution in [3.63, 3.8) is 0 Å². The summed E-state index contributed by atoms with van der Waals surface area (Å²) in [7, 11) is 0. The third-order valence-corrected chi connectivity index (χ3v) is 2.65. The van der Waals surface area contributed by atoms with Gasteiger partial charge in [0.2, 0.25) is 5.89 Å². The lowest BCUT2D eigenvalue weighted by molar-refractivity contribution is -0.133. The first-order valence-electron chi connectivity index (χ1n) is 4.75. The van der Waals surface area contributed by atoms with E-state index in [1.165, 1.54) is 0 Å². The van der Waals surface area contributed by atoms with E-state index >= 15 is 0 Å². The van der Waals surface area contributed by atoms with Crippen LogP contribution in [0.3, 0.4) is 0 Å². The second-order valence-corrected chi connectivity index (χ2v) is 4.23. The summed E-state index contributed by atoms with van der Waals surface area (Å²) < 4.78 is 5.31. The molecule has 0 aliphatic rings. The Bertz CT molecular complexity index is 541. The number of hydrogen-bond acceptors (Lipinski definition) is 6. The SMILES string of the molecule is Cc1cncc(-c2nnc(SCC(=O)O)o2)c1. The third kappa shape index (κ3) is 3.04. The first kappa shape index (κ1) is 11.6. The number of pyridine rings is 1. The largest absolute Gasteiger partial charge is 0.481 e. The van der Waals surface area contributed by atoms with Crippen molar-refractivity contribution in [2.75, 3.05) is 5.75 Å². The standard InChI is InChI=1S/C10H9N3O3S/c1-6-2-7(4-11-3-6)9-12-13-10(16-9)17-5-8(14)15/h2-4H,5H2,1H3,(H,14,15). The summed E-state index contributed by atoms with van der Waals surface area (Å²) in [5.41, 5.74) is 1.71. The van der Waals surface area contributed by atoms with Crippen molar-refractivity contribution < 1.29 is 14.3 Å². The number of carboxylic acids is 1. The van der Waals surface area contributed by atoms with Crippen LogP contribution in [-0.4, -0.2) is 32.0 Å². The number of nitrogens with zero attached hydrogens (tertiary/aromatic N) is 3. The number of hydrogen-bond donors (Lipinski definition) is 1. The molecule has 0 radical (unpaired) electrons. The third-order valence-electron chi connectivity index (χ3n) is 1.85. The van der Waals surface area contributed by atoms with E-state index in [0.717, 1.165) is 22.9 Å². The fourth-order valence-corrected chi connectivity index (χ4v) is 1.66. The van der Waals surface area contributed by atoms with E-state index in [2.05, 4.69) is 15.2 Å². The van der Waals surface area contributed by atoms with Crippen molar-refractivity contribution in [2.45, 2.75) is 12.1 Å². The Hall–Kier alpha value is -1.89. The number of aliphatic carboxylic acids is 1. The van der Waals surface area contributed by atoms with Crippen LogP contribution in [0.15, 0.2) is 28.1 Å². The maximum atomic E-state index is 10.4. The van der Waals surface area contributed by atoms with E-state index in [1.54, 1.807) is 12.4 Å². The summed E-state index contributed by atoms with van der Waals surface area (Å²) in [6.45, 7) is 1.91. The molecule has 0 bridgehead atoms. The molecule has 0 fully saturated rings. The highest BCUT2D eigenvalue weighted by atomic mass is 32.2. The molecule has 2 rings (SSSR count). The van der Waals surface area contributed by atoms with Crippen LogP contribution in [0.2, 0.25) is 0 Å². The van der Waals surface area contributed by atoms with Gasteiger partial charge in [-0.25, -0.2) is 0 Å². The summed E-state index contributed by atoms with van der Waals surface area (Å²) >= 11 is 0.988. The maximum absolute atomic E-state index is 10.4. The number of aromatic nitrogens is 3. The Morgan fingerprint density at radius 3 is 3.00 bits per heavy atom. The number of aryl methyl sites for hydroxylation is 1. The zero-order chi connectivity index (χ0) is 12.3. The van der Waals surface area contributed by atoms with Crippen LogP contribution in [0.1, 0.15) is 5.56 Å². The van der Waals surface area contributed by atoms with Crippen LogP contribution in [-0.2, 0) is 4.79 Å². The van der Waals surface area contributed by atoms with Gasteiger partial charge in [0.25, 0.3) is 5.22 Å². The molecule has 1 N–H and O–H groups in total. The first-order chi connectivity index (χ1) is 8.15. The molecule has 0 unspecified atom stereocenters. The van der Waals surface area contributed by atoms with Crippen LogP contribution >= 0.6 is 11.8 Å². The normalized spacial score (nSPS) is 10.4. The lowest BCUT2D eigenvalue weighted by Gasteiger charge is -1.95. The topological polar surface area (TPSA) is 89.1 Å². The summed E-state index contributed by atoms with van der Waals surface area (Å²) in [6, 6.07) is 1.87. The monoisotopic (exact) mass is 251 g/mol. The number of carbonyl (C=O) groups is 1. The van der Waals surface area contributed by atoms with E-state index in [9.17, 15) is 4.79 Å². The lowest BCUT2D eigenvalue weighted by Crippen LogP contribution is -1.97. The quantitative estimate of drug-likeness (QED) is 0.825. The minimum absolute atomic E-state index is 0.103. The highest BCUT2D eigenvalue weighted by Gasteiger charge is 2.10. The van der Waals surface area contributed by atoms with Gasteiger partial charge in [0.1, 0.15) is 5.75 Å². The van der Waals surface area contributed by atoms with Crippen molar-refractivity contribution in [2.24, 2.45) is 0 Å².